The summed E-state index contributed by atoms with van der Waals surface area (Å²) in [6, 6.07) is 43.1. The van der Waals surface area contributed by atoms with Crippen molar-refractivity contribution in [1.29, 1.82) is 5.26 Å². The minimum atomic E-state index is 0.701. The number of hydrogen-bond acceptors (Lipinski definition) is 1. The van der Waals surface area contributed by atoms with Crippen LogP contribution in [0.15, 0.2) is 115 Å². The lowest BCUT2D eigenvalue weighted by molar-refractivity contribution is 1.48. The molecule has 6 aromatic carbocycles. The highest BCUT2D eigenvalue weighted by atomic mass is 14.3. The van der Waals surface area contributed by atoms with Gasteiger partial charge in [-0.1, -0.05) is 97.1 Å². The predicted molar refractivity (Wildman–Crippen MR) is 141 cm³/mol. The average molecular weight is 430 g/mol. The van der Waals surface area contributed by atoms with Gasteiger partial charge in [-0.25, -0.2) is 0 Å². The van der Waals surface area contributed by atoms with Gasteiger partial charge in [0.1, 0.15) is 0 Å². The van der Waals surface area contributed by atoms with Crippen LogP contribution >= 0.6 is 0 Å². The van der Waals surface area contributed by atoms with Crippen molar-refractivity contribution in [3.05, 3.63) is 121 Å². The van der Waals surface area contributed by atoms with E-state index in [9.17, 15) is 5.26 Å². The molecule has 1 nitrogen and oxygen atoms in total. The fourth-order valence-corrected chi connectivity index (χ4v) is 5.47. The van der Waals surface area contributed by atoms with Crippen LogP contribution in [0.3, 0.4) is 0 Å². The van der Waals surface area contributed by atoms with Gasteiger partial charge in [0.15, 0.2) is 0 Å². The van der Waals surface area contributed by atoms with E-state index in [2.05, 4.69) is 97.1 Å². The van der Waals surface area contributed by atoms with Gasteiger partial charge in [-0.15, -0.1) is 0 Å². The van der Waals surface area contributed by atoms with Crippen LogP contribution in [-0.2, 0) is 0 Å². The molecular weight excluding hydrogens is 410 g/mol. The van der Waals surface area contributed by atoms with E-state index in [1.165, 1.54) is 54.9 Å². The zero-order valence-corrected chi connectivity index (χ0v) is 18.4. The van der Waals surface area contributed by atoms with E-state index in [1.807, 2.05) is 24.3 Å². The molecular formula is C33H19N. The summed E-state index contributed by atoms with van der Waals surface area (Å²) in [7, 11) is 0. The van der Waals surface area contributed by atoms with Crippen LogP contribution < -0.4 is 0 Å². The Kier molecular flexibility index (Phi) is 3.98. The van der Waals surface area contributed by atoms with Crippen LogP contribution in [0.5, 0.6) is 0 Å². The van der Waals surface area contributed by atoms with Crippen LogP contribution in [-0.4, -0.2) is 0 Å². The highest BCUT2D eigenvalue weighted by molar-refractivity contribution is 6.18. The minimum absolute atomic E-state index is 0.701. The fraction of sp³-hybridized carbons (Fsp3) is 0. The summed E-state index contributed by atoms with van der Waals surface area (Å²) < 4.78 is 0. The SMILES string of the molecule is N#Cc1ccccc1-c1ccc2cc(-c3ccc4c5c(cccc35)-c3ccccc3-4)ccc2c1. The number of rotatable bonds is 2. The third-order valence-electron chi connectivity index (χ3n) is 7.06. The quantitative estimate of drug-likeness (QED) is 0.269. The molecule has 1 heteroatoms. The van der Waals surface area contributed by atoms with Crippen molar-refractivity contribution < 1.29 is 0 Å². The number of benzene rings is 6. The maximum atomic E-state index is 9.49. The lowest BCUT2D eigenvalue weighted by Gasteiger charge is -2.11. The van der Waals surface area contributed by atoms with Gasteiger partial charge in [0.25, 0.3) is 0 Å². The molecule has 0 bridgehead atoms. The smallest absolute Gasteiger partial charge is 0.0998 e. The lowest BCUT2D eigenvalue weighted by Crippen LogP contribution is -1.86. The molecule has 0 aromatic heterocycles. The summed E-state index contributed by atoms with van der Waals surface area (Å²) in [4.78, 5) is 0. The molecule has 0 unspecified atom stereocenters. The number of fused-ring (bicyclic) bond motifs is 4. The molecule has 0 amide bonds. The largest absolute Gasteiger partial charge is 0.192 e. The number of hydrogen-bond donors (Lipinski definition) is 0. The first-order valence-electron chi connectivity index (χ1n) is 11.5. The molecule has 0 spiro atoms. The Labute approximate surface area is 198 Å². The van der Waals surface area contributed by atoms with Gasteiger partial charge in [-0.3, -0.25) is 0 Å². The monoisotopic (exact) mass is 429 g/mol. The van der Waals surface area contributed by atoms with Crippen molar-refractivity contribution in [2.75, 3.05) is 0 Å². The van der Waals surface area contributed by atoms with Crippen molar-refractivity contribution in [2.24, 2.45) is 0 Å². The molecule has 156 valence electrons. The lowest BCUT2D eigenvalue weighted by atomic mass is 9.92. The zero-order valence-electron chi connectivity index (χ0n) is 18.4. The van der Waals surface area contributed by atoms with Crippen molar-refractivity contribution in [3.8, 4) is 50.6 Å². The Morgan fingerprint density at radius 2 is 1.00 bits per heavy atom. The first-order valence-corrected chi connectivity index (χ1v) is 11.5. The Hall–Kier alpha value is -4.67. The summed E-state index contributed by atoms with van der Waals surface area (Å²) in [6.45, 7) is 0. The van der Waals surface area contributed by atoms with Crippen molar-refractivity contribution >= 4 is 21.5 Å². The summed E-state index contributed by atoms with van der Waals surface area (Å²) in [5, 5.41) is 14.5. The second-order valence-corrected chi connectivity index (χ2v) is 8.87. The molecule has 0 saturated carbocycles. The molecule has 1 aliphatic carbocycles. The van der Waals surface area contributed by atoms with Crippen LogP contribution in [0, 0.1) is 11.3 Å². The van der Waals surface area contributed by atoms with Crippen LogP contribution in [0.25, 0.3) is 66.1 Å². The second-order valence-electron chi connectivity index (χ2n) is 8.87. The standard InChI is InChI=1S/C33H19N/c34-20-25-6-1-2-7-26(25)23-14-12-22-19-24(15-13-21(22)18-23)27-16-17-32-29-9-4-3-8-28(29)31-11-5-10-30(27)33(31)32/h1-19H. The minimum Gasteiger partial charge on any atom is -0.192 e. The highest BCUT2D eigenvalue weighted by Crippen LogP contribution is 2.49. The fourth-order valence-electron chi connectivity index (χ4n) is 5.47. The molecule has 1 aliphatic rings. The van der Waals surface area contributed by atoms with Gasteiger partial charge in [0.05, 0.1) is 11.6 Å². The van der Waals surface area contributed by atoms with Gasteiger partial charge >= 0.3 is 0 Å². The topological polar surface area (TPSA) is 23.8 Å². The molecule has 0 N–H and O–H groups in total. The summed E-state index contributed by atoms with van der Waals surface area (Å²) >= 11 is 0. The molecule has 0 atom stereocenters. The first-order chi connectivity index (χ1) is 16.8. The molecule has 0 heterocycles. The maximum absolute atomic E-state index is 9.49. The molecule has 34 heavy (non-hydrogen) atoms. The third-order valence-corrected chi connectivity index (χ3v) is 7.06. The molecule has 0 saturated heterocycles. The summed E-state index contributed by atoms with van der Waals surface area (Å²) in [5.41, 5.74) is 10.5. The average Bonchev–Trinajstić information content (AvgIpc) is 3.24. The van der Waals surface area contributed by atoms with Gasteiger partial charge in [0, 0.05) is 0 Å². The number of nitriles is 1. The summed E-state index contributed by atoms with van der Waals surface area (Å²) in [6.07, 6.45) is 0. The Bertz CT molecular complexity index is 1790. The number of nitrogens with zero attached hydrogens (tertiary/aromatic N) is 1. The van der Waals surface area contributed by atoms with Crippen molar-refractivity contribution in [1.82, 2.24) is 0 Å². The summed E-state index contributed by atoms with van der Waals surface area (Å²) in [5.74, 6) is 0. The Balaban J connectivity index is 1.38. The van der Waals surface area contributed by atoms with Crippen molar-refractivity contribution in [2.45, 2.75) is 0 Å². The van der Waals surface area contributed by atoms with E-state index in [4.69, 9.17) is 0 Å². The normalized spacial score (nSPS) is 11.5. The molecule has 0 aliphatic heterocycles. The Morgan fingerprint density at radius 1 is 0.441 bits per heavy atom. The van der Waals surface area contributed by atoms with Crippen LogP contribution in [0.4, 0.5) is 0 Å². The van der Waals surface area contributed by atoms with Gasteiger partial charge < -0.3 is 0 Å². The first kappa shape index (κ1) is 18.9. The highest BCUT2D eigenvalue weighted by Gasteiger charge is 2.22. The Morgan fingerprint density at radius 3 is 1.71 bits per heavy atom. The van der Waals surface area contributed by atoms with E-state index < -0.39 is 0 Å². The predicted octanol–water partition coefficient (Wildman–Crippen LogP) is 8.85. The van der Waals surface area contributed by atoms with E-state index in [0.29, 0.717) is 5.56 Å². The molecule has 6 aromatic rings. The van der Waals surface area contributed by atoms with Gasteiger partial charge in [-0.05, 0) is 84.3 Å². The zero-order chi connectivity index (χ0) is 22.6. The third kappa shape index (κ3) is 2.66. The van der Waals surface area contributed by atoms with E-state index in [-0.39, 0.29) is 0 Å². The maximum Gasteiger partial charge on any atom is 0.0998 e. The van der Waals surface area contributed by atoms with Crippen LogP contribution in [0.2, 0.25) is 0 Å². The van der Waals surface area contributed by atoms with Gasteiger partial charge in [-0.2, -0.15) is 5.26 Å². The van der Waals surface area contributed by atoms with Crippen LogP contribution in [0.1, 0.15) is 5.56 Å². The van der Waals surface area contributed by atoms with E-state index >= 15 is 0 Å². The van der Waals surface area contributed by atoms with E-state index in [0.717, 1.165) is 11.1 Å². The molecule has 0 radical (unpaired) electrons. The molecule has 0 fully saturated rings. The van der Waals surface area contributed by atoms with Gasteiger partial charge in [0.2, 0.25) is 0 Å². The van der Waals surface area contributed by atoms with Crippen molar-refractivity contribution in [3.63, 3.8) is 0 Å². The van der Waals surface area contributed by atoms with E-state index in [1.54, 1.807) is 0 Å². The molecule has 7 rings (SSSR count). The second kappa shape index (κ2) is 7.17.